The van der Waals surface area contributed by atoms with Crippen molar-refractivity contribution in [2.45, 2.75) is 36.6 Å². The minimum Gasteiger partial charge on any atom is -0.344 e. The van der Waals surface area contributed by atoms with Crippen LogP contribution in [0.15, 0.2) is 35.2 Å². The molecule has 2 rings (SSSR count). The van der Waals surface area contributed by atoms with Crippen LogP contribution in [0.5, 0.6) is 0 Å². The van der Waals surface area contributed by atoms with Gasteiger partial charge in [0.1, 0.15) is 0 Å². The molecule has 1 aliphatic heterocycles. The maximum Gasteiger partial charge on any atom is 0.178 e. The van der Waals surface area contributed by atoms with E-state index in [1.807, 2.05) is 6.07 Å². The fourth-order valence-electron chi connectivity index (χ4n) is 2.34. The quantitative estimate of drug-likeness (QED) is 0.870. The lowest BCUT2D eigenvalue weighted by atomic mass is 10.0. The van der Waals surface area contributed by atoms with Gasteiger partial charge in [0.2, 0.25) is 0 Å². The molecule has 0 spiro atoms. The average Bonchev–Trinajstić information content (AvgIpc) is 2.39. The molecule has 1 saturated heterocycles. The minimum atomic E-state index is -3.08. The molecule has 0 saturated carbocycles. The van der Waals surface area contributed by atoms with Crippen LogP contribution in [0.2, 0.25) is 0 Å². The Morgan fingerprint density at radius 2 is 1.94 bits per heavy atom. The van der Waals surface area contributed by atoms with Gasteiger partial charge in [0.25, 0.3) is 0 Å². The van der Waals surface area contributed by atoms with Gasteiger partial charge in [-0.05, 0) is 31.4 Å². The fourth-order valence-corrected chi connectivity index (χ4v) is 3.76. The maximum atomic E-state index is 12.1. The van der Waals surface area contributed by atoms with E-state index >= 15 is 0 Å². The Kier molecular flexibility index (Phi) is 4.18. The van der Waals surface area contributed by atoms with Crippen LogP contribution in [-0.2, 0) is 9.84 Å². The zero-order valence-corrected chi connectivity index (χ0v) is 10.8. The normalized spacial score (nSPS) is 21.3. The summed E-state index contributed by atoms with van der Waals surface area (Å²) < 4.78 is 24.1. The van der Waals surface area contributed by atoms with E-state index in [4.69, 9.17) is 0 Å². The number of sulfone groups is 1. The monoisotopic (exact) mass is 254 g/mol. The van der Waals surface area contributed by atoms with E-state index in [1.54, 1.807) is 24.3 Å². The summed E-state index contributed by atoms with van der Waals surface area (Å²) in [4.78, 5) is 0.454. The van der Waals surface area contributed by atoms with Gasteiger partial charge < -0.3 is 5.32 Å². The van der Waals surface area contributed by atoms with Gasteiger partial charge in [-0.2, -0.15) is 0 Å². The second-order valence-corrected chi connectivity index (χ2v) is 6.81. The highest BCUT2D eigenvalue weighted by Gasteiger charge is 2.21. The van der Waals surface area contributed by atoms with Gasteiger partial charge in [-0.25, -0.2) is 8.42 Å². The molecule has 94 valence electrons. The van der Waals surface area contributed by atoms with Crippen LogP contribution in [0, 0.1) is 0 Å². The number of piperidine rings is 1. The Labute approximate surface area is 103 Å². The van der Waals surface area contributed by atoms with E-state index in [0.717, 1.165) is 19.4 Å². The number of hydrogen-bond donors (Lipinski definition) is 1. The van der Waals surface area contributed by atoms with Gasteiger partial charge in [0.15, 0.2) is 9.84 Å². The first-order valence-electron chi connectivity index (χ1n) is 6.29. The summed E-state index contributed by atoms with van der Waals surface area (Å²) >= 11 is 0. The maximum absolute atomic E-state index is 12.1. The number of nitrogens with two attached hydrogens (primary N) is 1. The standard InChI is InChI=1S/C13H19NO2S/c15-17(16,13-7-2-1-3-8-13)11-9-12-6-4-5-10-14-12/h1-3,7-8,12,14H,4-6,9-11H2/p+1/t12-/m1/s1. The molecule has 17 heavy (non-hydrogen) atoms. The lowest BCUT2D eigenvalue weighted by molar-refractivity contribution is -0.697. The van der Waals surface area contributed by atoms with E-state index in [-0.39, 0.29) is 5.75 Å². The Hall–Kier alpha value is -0.870. The van der Waals surface area contributed by atoms with Gasteiger partial charge in [0, 0.05) is 6.42 Å². The molecule has 1 aromatic rings. The van der Waals surface area contributed by atoms with Crippen molar-refractivity contribution in [3.63, 3.8) is 0 Å². The van der Waals surface area contributed by atoms with Crippen LogP contribution in [-0.4, -0.2) is 26.8 Å². The van der Waals surface area contributed by atoms with Crippen molar-refractivity contribution in [1.82, 2.24) is 0 Å². The van der Waals surface area contributed by atoms with Crippen LogP contribution in [0.25, 0.3) is 0 Å². The summed E-state index contributed by atoms with van der Waals surface area (Å²) in [6.07, 6.45) is 4.44. The van der Waals surface area contributed by atoms with Crippen molar-refractivity contribution >= 4 is 9.84 Å². The largest absolute Gasteiger partial charge is 0.344 e. The summed E-state index contributed by atoms with van der Waals surface area (Å²) in [6, 6.07) is 9.26. The molecule has 1 atom stereocenters. The van der Waals surface area contributed by atoms with Crippen molar-refractivity contribution in [3.8, 4) is 0 Å². The van der Waals surface area contributed by atoms with E-state index in [0.29, 0.717) is 10.9 Å². The van der Waals surface area contributed by atoms with Crippen LogP contribution < -0.4 is 5.32 Å². The van der Waals surface area contributed by atoms with Crippen LogP contribution >= 0.6 is 0 Å². The molecule has 1 fully saturated rings. The van der Waals surface area contributed by atoms with E-state index in [2.05, 4.69) is 5.32 Å². The smallest absolute Gasteiger partial charge is 0.178 e. The second-order valence-electron chi connectivity index (χ2n) is 4.70. The third-order valence-corrected chi connectivity index (χ3v) is 5.15. The Bertz CT molecular complexity index is 436. The molecule has 1 heterocycles. The van der Waals surface area contributed by atoms with Gasteiger partial charge in [-0.15, -0.1) is 0 Å². The third kappa shape index (κ3) is 3.54. The summed E-state index contributed by atoms with van der Waals surface area (Å²) in [5, 5.41) is 2.30. The van der Waals surface area contributed by atoms with Crippen molar-refractivity contribution in [2.75, 3.05) is 12.3 Å². The highest BCUT2D eigenvalue weighted by Crippen LogP contribution is 2.13. The SMILES string of the molecule is O=S(=O)(CC[C@H]1CCCC[NH2+]1)c1ccccc1. The number of benzene rings is 1. The molecule has 3 nitrogen and oxygen atoms in total. The number of quaternary nitrogens is 1. The summed E-state index contributed by atoms with van der Waals surface area (Å²) in [5.74, 6) is 0.276. The first-order chi connectivity index (χ1) is 8.18. The van der Waals surface area contributed by atoms with Crippen molar-refractivity contribution in [3.05, 3.63) is 30.3 Å². The van der Waals surface area contributed by atoms with E-state index in [1.165, 1.54) is 12.8 Å². The molecule has 0 aliphatic carbocycles. The van der Waals surface area contributed by atoms with Gasteiger partial charge in [-0.1, -0.05) is 18.2 Å². The summed E-state index contributed by atoms with van der Waals surface area (Å²) in [6.45, 7) is 1.15. The molecule has 1 aliphatic rings. The van der Waals surface area contributed by atoms with Gasteiger partial charge in [0.05, 0.1) is 23.2 Å². The predicted octanol–water partition coefficient (Wildman–Crippen LogP) is 0.966. The Morgan fingerprint density at radius 1 is 1.18 bits per heavy atom. The highest BCUT2D eigenvalue weighted by atomic mass is 32.2. The zero-order chi connectivity index (χ0) is 12.1. The molecule has 2 N–H and O–H groups in total. The number of hydrogen-bond acceptors (Lipinski definition) is 2. The number of rotatable bonds is 4. The fraction of sp³-hybridized carbons (Fsp3) is 0.538. The zero-order valence-electron chi connectivity index (χ0n) is 10.0. The lowest BCUT2D eigenvalue weighted by Gasteiger charge is -2.19. The predicted molar refractivity (Wildman–Crippen MR) is 67.5 cm³/mol. The molecular weight excluding hydrogens is 234 g/mol. The van der Waals surface area contributed by atoms with Crippen molar-refractivity contribution < 1.29 is 13.7 Å². The van der Waals surface area contributed by atoms with Crippen LogP contribution in [0.4, 0.5) is 0 Å². The molecule has 4 heteroatoms. The molecule has 0 unspecified atom stereocenters. The second kappa shape index (κ2) is 5.65. The first-order valence-corrected chi connectivity index (χ1v) is 7.95. The molecule has 0 amide bonds. The summed E-state index contributed by atoms with van der Waals surface area (Å²) in [5.41, 5.74) is 0. The third-order valence-electron chi connectivity index (χ3n) is 3.39. The van der Waals surface area contributed by atoms with E-state index in [9.17, 15) is 8.42 Å². The Morgan fingerprint density at radius 3 is 2.59 bits per heavy atom. The Balaban J connectivity index is 1.94. The highest BCUT2D eigenvalue weighted by molar-refractivity contribution is 7.91. The first kappa shape index (κ1) is 12.6. The summed E-state index contributed by atoms with van der Waals surface area (Å²) in [7, 11) is -3.08. The topological polar surface area (TPSA) is 50.8 Å². The molecule has 0 radical (unpaired) electrons. The average molecular weight is 254 g/mol. The van der Waals surface area contributed by atoms with Crippen LogP contribution in [0.3, 0.4) is 0 Å². The molecular formula is C13H20NO2S+. The van der Waals surface area contributed by atoms with Crippen molar-refractivity contribution in [1.29, 1.82) is 0 Å². The van der Waals surface area contributed by atoms with Gasteiger partial charge >= 0.3 is 0 Å². The lowest BCUT2D eigenvalue weighted by Crippen LogP contribution is -2.91. The molecule has 0 bridgehead atoms. The van der Waals surface area contributed by atoms with Crippen LogP contribution in [0.1, 0.15) is 25.7 Å². The molecule has 1 aromatic carbocycles. The van der Waals surface area contributed by atoms with Gasteiger partial charge in [-0.3, -0.25) is 0 Å². The minimum absolute atomic E-state index is 0.276. The van der Waals surface area contributed by atoms with E-state index < -0.39 is 9.84 Å². The molecule has 0 aromatic heterocycles. The van der Waals surface area contributed by atoms with Crippen molar-refractivity contribution in [2.24, 2.45) is 0 Å².